The third-order valence-corrected chi connectivity index (χ3v) is 4.19. The molecule has 0 unspecified atom stereocenters. The van der Waals surface area contributed by atoms with Crippen molar-refractivity contribution in [3.8, 4) is 5.75 Å². The molecule has 2 aromatic rings. The molecule has 1 fully saturated rings. The Hall–Kier alpha value is -2.11. The summed E-state index contributed by atoms with van der Waals surface area (Å²) in [5.41, 5.74) is 3.57. The molecule has 1 saturated heterocycles. The fourth-order valence-electron chi connectivity index (χ4n) is 2.77. The molecule has 0 atom stereocenters. The number of nitrogens with one attached hydrogen (secondary N) is 2. The van der Waals surface area contributed by atoms with Crippen LogP contribution in [0.3, 0.4) is 0 Å². The van der Waals surface area contributed by atoms with Crippen LogP contribution in [-0.2, 0) is 0 Å². The van der Waals surface area contributed by atoms with Crippen LogP contribution in [0.2, 0.25) is 0 Å². The molecule has 0 radical (unpaired) electrons. The van der Waals surface area contributed by atoms with Gasteiger partial charge >= 0.3 is 0 Å². The van der Waals surface area contributed by atoms with E-state index in [0.29, 0.717) is 11.3 Å². The van der Waals surface area contributed by atoms with Crippen LogP contribution < -0.4 is 15.1 Å². The summed E-state index contributed by atoms with van der Waals surface area (Å²) in [6, 6.07) is 11.8. The van der Waals surface area contributed by atoms with Crippen LogP contribution in [-0.4, -0.2) is 51.3 Å². The van der Waals surface area contributed by atoms with Gasteiger partial charge in [0.1, 0.15) is 5.75 Å². The lowest BCUT2D eigenvalue weighted by Crippen LogP contribution is -3.12. The summed E-state index contributed by atoms with van der Waals surface area (Å²) in [6.45, 7) is 3.81. The van der Waals surface area contributed by atoms with Crippen molar-refractivity contribution >= 4 is 16.7 Å². The van der Waals surface area contributed by atoms with Gasteiger partial charge in [0.05, 0.1) is 45.9 Å². The zero-order valence-corrected chi connectivity index (χ0v) is 13.1. The summed E-state index contributed by atoms with van der Waals surface area (Å²) in [6.07, 6.45) is 0. The number of hydrazine groups is 1. The number of methoxy groups -OCH3 is 1. The van der Waals surface area contributed by atoms with Crippen molar-refractivity contribution in [3.05, 3.63) is 42.0 Å². The number of likely N-dealkylation sites (N-methyl/N-ethyl adjacent to an activating group) is 1. The van der Waals surface area contributed by atoms with Gasteiger partial charge in [-0.25, -0.2) is 5.01 Å². The number of piperazine rings is 1. The largest absolute Gasteiger partial charge is 0.496 e. The third kappa shape index (κ3) is 3.05. The Morgan fingerprint density at radius 2 is 1.82 bits per heavy atom. The molecular formula is C17H22N3O2+. The first-order chi connectivity index (χ1) is 10.7. The highest BCUT2D eigenvalue weighted by molar-refractivity contribution is 6.01. The van der Waals surface area contributed by atoms with Gasteiger partial charge in [-0.3, -0.25) is 10.2 Å². The molecule has 0 bridgehead atoms. The second kappa shape index (κ2) is 6.34. The van der Waals surface area contributed by atoms with Crippen LogP contribution in [0.4, 0.5) is 0 Å². The van der Waals surface area contributed by atoms with Crippen LogP contribution in [0.15, 0.2) is 36.4 Å². The minimum Gasteiger partial charge on any atom is -0.496 e. The molecule has 1 amide bonds. The molecule has 2 aromatic carbocycles. The fraction of sp³-hybridized carbons (Fsp3) is 0.353. The van der Waals surface area contributed by atoms with Crippen molar-refractivity contribution in [2.45, 2.75) is 0 Å². The van der Waals surface area contributed by atoms with Gasteiger partial charge in [-0.05, 0) is 22.9 Å². The molecule has 3 rings (SSSR count). The Labute approximate surface area is 130 Å². The van der Waals surface area contributed by atoms with Crippen LogP contribution in [0.1, 0.15) is 10.4 Å². The molecule has 5 nitrogen and oxygen atoms in total. The number of carbonyl (C=O) groups is 1. The Bertz CT molecular complexity index is 679. The Balaban J connectivity index is 1.83. The van der Waals surface area contributed by atoms with Crippen LogP contribution in [0.5, 0.6) is 5.75 Å². The standard InChI is InChI=1S/C17H21N3O2/c1-19-7-9-20(10-8-19)18-17(21)15-11-13-5-3-4-6-14(13)12-16(15)22-2/h3-6,11-12H,7-10H2,1-2H3,(H,18,21)/p+1. The topological polar surface area (TPSA) is 46.0 Å². The number of ether oxygens (including phenoxy) is 1. The third-order valence-electron chi connectivity index (χ3n) is 4.19. The van der Waals surface area contributed by atoms with Crippen LogP contribution in [0, 0.1) is 0 Å². The summed E-state index contributed by atoms with van der Waals surface area (Å²) in [5, 5.41) is 4.10. The molecule has 0 saturated carbocycles. The van der Waals surface area contributed by atoms with E-state index in [-0.39, 0.29) is 5.91 Å². The van der Waals surface area contributed by atoms with Crippen molar-refractivity contribution in [2.24, 2.45) is 0 Å². The van der Waals surface area contributed by atoms with Gasteiger partial charge in [0, 0.05) is 0 Å². The van der Waals surface area contributed by atoms with Gasteiger partial charge in [-0.15, -0.1) is 0 Å². The smallest absolute Gasteiger partial charge is 0.269 e. The van der Waals surface area contributed by atoms with E-state index >= 15 is 0 Å². The molecule has 1 heterocycles. The SMILES string of the molecule is COc1cc2ccccc2cc1C(=O)NN1CC[NH+](C)CC1. The predicted molar refractivity (Wildman–Crippen MR) is 86.2 cm³/mol. The zero-order chi connectivity index (χ0) is 15.5. The Morgan fingerprint density at radius 3 is 2.45 bits per heavy atom. The van der Waals surface area contributed by atoms with E-state index in [2.05, 4.69) is 12.5 Å². The van der Waals surface area contributed by atoms with E-state index in [4.69, 9.17) is 4.74 Å². The number of nitrogens with zero attached hydrogens (tertiary/aromatic N) is 1. The minimum absolute atomic E-state index is 0.109. The number of hydrogen-bond acceptors (Lipinski definition) is 3. The second-order valence-corrected chi connectivity index (χ2v) is 5.78. The monoisotopic (exact) mass is 300 g/mol. The summed E-state index contributed by atoms with van der Waals surface area (Å²) in [5.74, 6) is 0.498. The molecule has 22 heavy (non-hydrogen) atoms. The van der Waals surface area contributed by atoms with Crippen LogP contribution >= 0.6 is 0 Å². The van der Waals surface area contributed by atoms with Gasteiger partial charge in [0.25, 0.3) is 5.91 Å². The van der Waals surface area contributed by atoms with E-state index in [9.17, 15) is 4.79 Å². The van der Waals surface area contributed by atoms with Crippen LogP contribution in [0.25, 0.3) is 10.8 Å². The average molecular weight is 300 g/mol. The van der Waals surface area contributed by atoms with Gasteiger partial charge in [0.2, 0.25) is 0 Å². The molecule has 0 spiro atoms. The lowest BCUT2D eigenvalue weighted by atomic mass is 10.1. The molecule has 1 aliphatic rings. The molecule has 0 aliphatic carbocycles. The van der Waals surface area contributed by atoms with Crippen molar-refractivity contribution in [1.29, 1.82) is 0 Å². The maximum atomic E-state index is 12.6. The maximum Gasteiger partial charge on any atom is 0.269 e. The first-order valence-corrected chi connectivity index (χ1v) is 7.61. The highest BCUT2D eigenvalue weighted by Crippen LogP contribution is 2.25. The van der Waals surface area contributed by atoms with Gasteiger partial charge in [-0.2, -0.15) is 0 Å². The van der Waals surface area contributed by atoms with Gasteiger partial charge < -0.3 is 9.64 Å². The molecular weight excluding hydrogens is 278 g/mol. The van der Waals surface area contributed by atoms with E-state index in [1.54, 1.807) is 7.11 Å². The Morgan fingerprint density at radius 1 is 1.18 bits per heavy atom. The number of amides is 1. The summed E-state index contributed by atoms with van der Waals surface area (Å²) >= 11 is 0. The van der Waals surface area contributed by atoms with Crippen molar-refractivity contribution in [2.75, 3.05) is 40.3 Å². The van der Waals surface area contributed by atoms with E-state index in [1.807, 2.05) is 41.4 Å². The predicted octanol–water partition coefficient (Wildman–Crippen LogP) is 0.324. The molecule has 2 N–H and O–H groups in total. The van der Waals surface area contributed by atoms with Crippen molar-refractivity contribution in [1.82, 2.24) is 10.4 Å². The normalized spacial score (nSPS) is 16.6. The van der Waals surface area contributed by atoms with Crippen molar-refractivity contribution in [3.63, 3.8) is 0 Å². The molecule has 5 heteroatoms. The first kappa shape index (κ1) is 14.8. The van der Waals surface area contributed by atoms with E-state index < -0.39 is 0 Å². The first-order valence-electron chi connectivity index (χ1n) is 7.61. The summed E-state index contributed by atoms with van der Waals surface area (Å²) in [4.78, 5) is 14.1. The quantitative estimate of drug-likeness (QED) is 0.858. The van der Waals surface area contributed by atoms with Crippen molar-refractivity contribution < 1.29 is 14.4 Å². The maximum absolute atomic E-state index is 12.6. The Kier molecular flexibility index (Phi) is 4.27. The lowest BCUT2D eigenvalue weighted by Gasteiger charge is -2.30. The highest BCUT2D eigenvalue weighted by Gasteiger charge is 2.20. The van der Waals surface area contributed by atoms with E-state index in [1.165, 1.54) is 4.90 Å². The molecule has 0 aromatic heterocycles. The molecule has 116 valence electrons. The number of hydrogen-bond donors (Lipinski definition) is 2. The van der Waals surface area contributed by atoms with Gasteiger partial charge in [-0.1, -0.05) is 24.3 Å². The number of carbonyl (C=O) groups excluding carboxylic acids is 1. The minimum atomic E-state index is -0.109. The zero-order valence-electron chi connectivity index (χ0n) is 13.1. The van der Waals surface area contributed by atoms with Gasteiger partial charge in [0.15, 0.2) is 0 Å². The molecule has 1 aliphatic heterocycles. The number of quaternary nitrogens is 1. The number of fused-ring (bicyclic) bond motifs is 1. The van der Waals surface area contributed by atoms with E-state index in [0.717, 1.165) is 37.0 Å². The fourth-order valence-corrected chi connectivity index (χ4v) is 2.77. The number of rotatable bonds is 3. The second-order valence-electron chi connectivity index (χ2n) is 5.78. The average Bonchev–Trinajstić information content (AvgIpc) is 2.55. The number of benzene rings is 2. The highest BCUT2D eigenvalue weighted by atomic mass is 16.5. The summed E-state index contributed by atoms with van der Waals surface area (Å²) < 4.78 is 5.40. The lowest BCUT2D eigenvalue weighted by molar-refractivity contribution is -0.884. The summed E-state index contributed by atoms with van der Waals surface area (Å²) in [7, 11) is 3.77.